The van der Waals surface area contributed by atoms with Gasteiger partial charge in [-0.05, 0) is 19.9 Å². The summed E-state index contributed by atoms with van der Waals surface area (Å²) < 4.78 is 29.0. The number of carbonyl (C=O) groups is 1. The first-order chi connectivity index (χ1) is 9.04. The van der Waals surface area contributed by atoms with Gasteiger partial charge >= 0.3 is 6.61 Å². The molecule has 0 saturated heterocycles. The fraction of sp³-hybridized carbons (Fsp3) is 0.462. The van der Waals surface area contributed by atoms with Gasteiger partial charge in [-0.1, -0.05) is 18.2 Å². The third-order valence-corrected chi connectivity index (χ3v) is 2.54. The fourth-order valence-electron chi connectivity index (χ4n) is 1.66. The van der Waals surface area contributed by atoms with Crippen molar-refractivity contribution in [2.45, 2.75) is 26.5 Å². The van der Waals surface area contributed by atoms with Crippen molar-refractivity contribution < 1.29 is 18.3 Å². The van der Waals surface area contributed by atoms with E-state index in [4.69, 9.17) is 0 Å². The van der Waals surface area contributed by atoms with Gasteiger partial charge in [-0.15, -0.1) is 0 Å². The highest BCUT2D eigenvalue weighted by atomic mass is 19.3. The predicted octanol–water partition coefficient (Wildman–Crippen LogP) is 2.07. The van der Waals surface area contributed by atoms with Crippen LogP contribution in [0.3, 0.4) is 0 Å². The summed E-state index contributed by atoms with van der Waals surface area (Å²) >= 11 is 0. The molecule has 2 N–H and O–H groups in total. The zero-order chi connectivity index (χ0) is 14.3. The Morgan fingerprint density at radius 3 is 2.68 bits per heavy atom. The molecule has 1 aromatic rings. The maximum Gasteiger partial charge on any atom is 0.387 e. The summed E-state index contributed by atoms with van der Waals surface area (Å²) in [5.74, 6) is -0.0185. The molecular weight excluding hydrogens is 254 g/mol. The minimum atomic E-state index is -2.86. The van der Waals surface area contributed by atoms with Crippen LogP contribution >= 0.6 is 0 Å². The second kappa shape index (κ2) is 7.68. The minimum absolute atomic E-state index is 0.119. The number of halogens is 2. The van der Waals surface area contributed by atoms with E-state index in [9.17, 15) is 13.6 Å². The van der Waals surface area contributed by atoms with E-state index in [1.807, 2.05) is 6.92 Å². The number of likely N-dealkylation sites (N-methyl/N-ethyl adjacent to an activating group) is 1. The van der Waals surface area contributed by atoms with E-state index < -0.39 is 6.61 Å². The van der Waals surface area contributed by atoms with Crippen LogP contribution in [0.1, 0.15) is 25.5 Å². The number of carbonyl (C=O) groups excluding carboxylic acids is 1. The number of para-hydroxylation sites is 1. The zero-order valence-corrected chi connectivity index (χ0v) is 11.0. The fourth-order valence-corrected chi connectivity index (χ4v) is 1.66. The maximum absolute atomic E-state index is 12.3. The van der Waals surface area contributed by atoms with Gasteiger partial charge in [0.1, 0.15) is 5.75 Å². The van der Waals surface area contributed by atoms with Crippen LogP contribution in [-0.4, -0.2) is 25.6 Å². The summed E-state index contributed by atoms with van der Waals surface area (Å²) in [6, 6.07) is 6.26. The first-order valence-electron chi connectivity index (χ1n) is 6.08. The summed E-state index contributed by atoms with van der Waals surface area (Å²) in [6.07, 6.45) is 0. The molecule has 0 fully saturated rings. The van der Waals surface area contributed by atoms with Crippen molar-refractivity contribution in [3.8, 4) is 5.75 Å². The Morgan fingerprint density at radius 2 is 2.05 bits per heavy atom. The molecule has 0 aromatic heterocycles. The second-order valence-electron chi connectivity index (χ2n) is 3.97. The van der Waals surface area contributed by atoms with E-state index >= 15 is 0 Å². The molecular formula is C13H18F2N2O2. The highest BCUT2D eigenvalue weighted by Crippen LogP contribution is 2.25. The van der Waals surface area contributed by atoms with Crippen molar-refractivity contribution in [2.24, 2.45) is 0 Å². The van der Waals surface area contributed by atoms with Gasteiger partial charge in [-0.25, -0.2) is 0 Å². The Kier molecular flexibility index (Phi) is 6.21. The molecule has 0 spiro atoms. The van der Waals surface area contributed by atoms with Crippen molar-refractivity contribution in [1.29, 1.82) is 0 Å². The van der Waals surface area contributed by atoms with Crippen LogP contribution in [0, 0.1) is 0 Å². The molecule has 0 saturated carbocycles. The van der Waals surface area contributed by atoms with Crippen LogP contribution < -0.4 is 15.4 Å². The molecule has 0 bridgehead atoms. The SMILES string of the molecule is CCNC(=O)CNC(C)c1ccccc1OC(F)F. The Labute approximate surface area is 111 Å². The first kappa shape index (κ1) is 15.4. The lowest BCUT2D eigenvalue weighted by Gasteiger charge is -2.17. The van der Waals surface area contributed by atoms with E-state index in [2.05, 4.69) is 15.4 Å². The van der Waals surface area contributed by atoms with Crippen LogP contribution in [0.25, 0.3) is 0 Å². The number of hydrogen-bond acceptors (Lipinski definition) is 3. The Bertz CT molecular complexity index is 413. The third-order valence-electron chi connectivity index (χ3n) is 2.54. The number of nitrogens with one attached hydrogen (secondary N) is 2. The third kappa shape index (κ3) is 5.21. The van der Waals surface area contributed by atoms with Gasteiger partial charge in [-0.2, -0.15) is 8.78 Å². The molecule has 1 rings (SSSR count). The molecule has 6 heteroatoms. The van der Waals surface area contributed by atoms with Gasteiger partial charge in [0, 0.05) is 18.2 Å². The highest BCUT2D eigenvalue weighted by molar-refractivity contribution is 5.77. The monoisotopic (exact) mass is 272 g/mol. The minimum Gasteiger partial charge on any atom is -0.434 e. The molecule has 19 heavy (non-hydrogen) atoms. The highest BCUT2D eigenvalue weighted by Gasteiger charge is 2.14. The number of benzene rings is 1. The molecule has 0 heterocycles. The van der Waals surface area contributed by atoms with Crippen LogP contribution in [0.2, 0.25) is 0 Å². The van der Waals surface area contributed by atoms with E-state index in [-0.39, 0.29) is 24.2 Å². The van der Waals surface area contributed by atoms with Crippen molar-refractivity contribution in [2.75, 3.05) is 13.1 Å². The van der Waals surface area contributed by atoms with Gasteiger partial charge in [0.25, 0.3) is 0 Å². The van der Waals surface area contributed by atoms with Gasteiger partial charge in [0.2, 0.25) is 5.91 Å². The topological polar surface area (TPSA) is 50.4 Å². The van der Waals surface area contributed by atoms with Crippen LogP contribution in [0.15, 0.2) is 24.3 Å². The van der Waals surface area contributed by atoms with Gasteiger partial charge in [-0.3, -0.25) is 4.79 Å². The van der Waals surface area contributed by atoms with Crippen molar-refractivity contribution >= 4 is 5.91 Å². The second-order valence-corrected chi connectivity index (χ2v) is 3.97. The summed E-state index contributed by atoms with van der Waals surface area (Å²) in [6.45, 7) is 1.43. The number of hydrogen-bond donors (Lipinski definition) is 2. The maximum atomic E-state index is 12.3. The summed E-state index contributed by atoms with van der Waals surface area (Å²) in [4.78, 5) is 11.3. The standard InChI is InChI=1S/C13H18F2N2O2/c1-3-16-12(18)8-17-9(2)10-6-4-5-7-11(10)19-13(14)15/h4-7,9,13,17H,3,8H2,1-2H3,(H,16,18). The summed E-state index contributed by atoms with van der Waals surface area (Å²) in [5.41, 5.74) is 0.590. The summed E-state index contributed by atoms with van der Waals surface area (Å²) in [5, 5.41) is 5.61. The Morgan fingerprint density at radius 1 is 1.37 bits per heavy atom. The van der Waals surface area contributed by atoms with E-state index in [0.717, 1.165) is 0 Å². The average Bonchev–Trinajstić information content (AvgIpc) is 2.36. The van der Waals surface area contributed by atoms with Crippen molar-refractivity contribution in [1.82, 2.24) is 10.6 Å². The predicted molar refractivity (Wildman–Crippen MR) is 68.2 cm³/mol. The molecule has 1 unspecified atom stereocenters. The molecule has 1 amide bonds. The van der Waals surface area contributed by atoms with Gasteiger partial charge in [0.15, 0.2) is 0 Å². The molecule has 0 aliphatic rings. The molecule has 106 valence electrons. The van der Waals surface area contributed by atoms with Crippen molar-refractivity contribution in [3.05, 3.63) is 29.8 Å². The van der Waals surface area contributed by atoms with Gasteiger partial charge < -0.3 is 15.4 Å². The average molecular weight is 272 g/mol. The van der Waals surface area contributed by atoms with Crippen LogP contribution in [0.5, 0.6) is 5.75 Å². The number of alkyl halides is 2. The lowest BCUT2D eigenvalue weighted by molar-refractivity contribution is -0.120. The van der Waals surface area contributed by atoms with Crippen LogP contribution in [-0.2, 0) is 4.79 Å². The molecule has 1 atom stereocenters. The smallest absolute Gasteiger partial charge is 0.387 e. The molecule has 0 aliphatic carbocycles. The Balaban J connectivity index is 2.65. The zero-order valence-electron chi connectivity index (χ0n) is 11.0. The largest absolute Gasteiger partial charge is 0.434 e. The Hall–Kier alpha value is -1.69. The molecule has 0 aliphatic heterocycles. The van der Waals surface area contributed by atoms with E-state index in [1.165, 1.54) is 6.07 Å². The normalized spacial score (nSPS) is 12.3. The molecule has 4 nitrogen and oxygen atoms in total. The number of ether oxygens (including phenoxy) is 1. The lowest BCUT2D eigenvalue weighted by Crippen LogP contribution is -2.34. The van der Waals surface area contributed by atoms with Gasteiger partial charge in [0.05, 0.1) is 6.54 Å². The summed E-state index contributed by atoms with van der Waals surface area (Å²) in [7, 11) is 0. The quantitative estimate of drug-likeness (QED) is 0.799. The first-order valence-corrected chi connectivity index (χ1v) is 6.08. The number of rotatable bonds is 7. The molecule has 1 aromatic carbocycles. The van der Waals surface area contributed by atoms with Crippen molar-refractivity contribution in [3.63, 3.8) is 0 Å². The number of amides is 1. The van der Waals surface area contributed by atoms with Crippen LogP contribution in [0.4, 0.5) is 8.78 Å². The van der Waals surface area contributed by atoms with E-state index in [1.54, 1.807) is 25.1 Å². The lowest BCUT2D eigenvalue weighted by atomic mass is 10.1. The molecule has 0 radical (unpaired) electrons. The van der Waals surface area contributed by atoms with E-state index in [0.29, 0.717) is 12.1 Å².